The molecule has 0 saturated carbocycles. The van der Waals surface area contributed by atoms with Gasteiger partial charge in [0.25, 0.3) is 5.91 Å². The Morgan fingerprint density at radius 1 is 0.833 bits per heavy atom. The molecule has 4 aromatic rings. The second kappa shape index (κ2) is 15.2. The number of hydrogen-bond donors (Lipinski definition) is 1. The highest BCUT2D eigenvalue weighted by Crippen LogP contribution is 2.29. The lowest BCUT2D eigenvalue weighted by Crippen LogP contribution is -2.31. The van der Waals surface area contributed by atoms with Crippen LogP contribution in [0.2, 0.25) is 0 Å². The number of aromatic nitrogens is 2. The van der Waals surface area contributed by atoms with Crippen LogP contribution in [0.15, 0.2) is 84.0 Å². The van der Waals surface area contributed by atoms with E-state index in [1.54, 1.807) is 26.0 Å². The van der Waals surface area contributed by atoms with Gasteiger partial charge in [-0.3, -0.25) is 4.79 Å². The van der Waals surface area contributed by atoms with Crippen LogP contribution in [-0.4, -0.2) is 75.8 Å². The van der Waals surface area contributed by atoms with Crippen LogP contribution in [-0.2, 0) is 12.2 Å². The van der Waals surface area contributed by atoms with E-state index in [0.29, 0.717) is 23.0 Å². The number of thioether (sulfide) groups is 1. The zero-order valence-electron chi connectivity index (χ0n) is 25.0. The number of methoxy groups -OCH3 is 2. The first-order chi connectivity index (χ1) is 20.4. The summed E-state index contributed by atoms with van der Waals surface area (Å²) in [6, 6.07) is 25.9. The summed E-state index contributed by atoms with van der Waals surface area (Å²) in [6.07, 6.45) is 0.819. The van der Waals surface area contributed by atoms with Crippen molar-refractivity contribution >= 4 is 23.5 Å². The average molecular weight is 586 g/mol. The van der Waals surface area contributed by atoms with Gasteiger partial charge in [-0.1, -0.05) is 60.3 Å². The molecule has 8 nitrogen and oxygen atoms in total. The van der Waals surface area contributed by atoms with Crippen LogP contribution in [0.5, 0.6) is 11.5 Å². The van der Waals surface area contributed by atoms with E-state index >= 15 is 0 Å². The fourth-order valence-electron chi connectivity index (χ4n) is 4.27. The highest BCUT2D eigenvalue weighted by atomic mass is 32.2. The molecule has 0 aliphatic carbocycles. The van der Waals surface area contributed by atoms with Crippen molar-refractivity contribution in [3.8, 4) is 22.8 Å². The largest absolute Gasteiger partial charge is 0.493 e. The number of anilines is 1. The Morgan fingerprint density at radius 2 is 1.55 bits per heavy atom. The lowest BCUT2D eigenvalue weighted by atomic mass is 10.1. The van der Waals surface area contributed by atoms with Gasteiger partial charge in [0.05, 0.1) is 19.9 Å². The Kier molecular flexibility index (Phi) is 11.2. The monoisotopic (exact) mass is 585 g/mol. The molecule has 0 bridgehead atoms. The van der Waals surface area contributed by atoms with Crippen molar-refractivity contribution in [2.45, 2.75) is 17.3 Å². The lowest BCUT2D eigenvalue weighted by molar-refractivity contribution is 0.0951. The number of nitrogens with zero attached hydrogens (tertiary/aromatic N) is 4. The van der Waals surface area contributed by atoms with Crippen molar-refractivity contribution in [2.24, 2.45) is 0 Å². The number of hydrogen-bond acceptors (Lipinski definition) is 8. The predicted octanol–water partition coefficient (Wildman–Crippen LogP) is 5.42. The first kappa shape index (κ1) is 30.9. The van der Waals surface area contributed by atoms with E-state index in [-0.39, 0.29) is 5.91 Å². The van der Waals surface area contributed by atoms with Crippen molar-refractivity contribution in [2.75, 3.05) is 59.9 Å². The Balaban J connectivity index is 1.46. The third-order valence-corrected chi connectivity index (χ3v) is 7.68. The molecular formula is C33H39N5O3S. The number of amides is 1. The standard InChI is InChI=1S/C33H39N5O3S/c1-37(2)20-18-34-32(39)27-14-11-25(12-15-27)23-42-33-35-28(26-9-7-6-8-10-26)22-31(36-33)38(3)19-17-24-13-16-29(40-4)30(21-24)41-5/h6-16,21-22H,17-20,23H2,1-5H3,(H,34,39). The summed E-state index contributed by atoms with van der Waals surface area (Å²) in [7, 11) is 9.31. The average Bonchev–Trinajstić information content (AvgIpc) is 3.02. The summed E-state index contributed by atoms with van der Waals surface area (Å²) < 4.78 is 10.8. The van der Waals surface area contributed by atoms with Crippen molar-refractivity contribution in [1.29, 1.82) is 0 Å². The summed E-state index contributed by atoms with van der Waals surface area (Å²) in [5.74, 6) is 2.93. The van der Waals surface area contributed by atoms with E-state index in [2.05, 4.69) is 35.5 Å². The van der Waals surface area contributed by atoms with Crippen LogP contribution in [0, 0.1) is 0 Å². The lowest BCUT2D eigenvalue weighted by Gasteiger charge is -2.20. The minimum atomic E-state index is -0.0595. The Bertz CT molecular complexity index is 1450. The van der Waals surface area contributed by atoms with Gasteiger partial charge in [-0.05, 0) is 55.9 Å². The van der Waals surface area contributed by atoms with E-state index in [1.807, 2.05) is 79.7 Å². The SMILES string of the molecule is COc1ccc(CCN(C)c2cc(-c3ccccc3)nc(SCc3ccc(C(=O)NCCN(C)C)cc3)n2)cc1OC. The number of ether oxygens (including phenoxy) is 2. The number of rotatable bonds is 14. The molecule has 0 aliphatic heterocycles. The molecule has 1 aromatic heterocycles. The zero-order chi connectivity index (χ0) is 29.9. The van der Waals surface area contributed by atoms with Gasteiger partial charge in [0.15, 0.2) is 16.7 Å². The minimum absolute atomic E-state index is 0.0595. The molecular weight excluding hydrogens is 546 g/mol. The van der Waals surface area contributed by atoms with E-state index < -0.39 is 0 Å². The Labute approximate surface area is 253 Å². The zero-order valence-corrected chi connectivity index (χ0v) is 25.8. The molecule has 0 unspecified atom stereocenters. The molecule has 3 aromatic carbocycles. The molecule has 0 atom stereocenters. The van der Waals surface area contributed by atoms with Gasteiger partial charge < -0.3 is 24.6 Å². The number of carbonyl (C=O) groups excluding carboxylic acids is 1. The van der Waals surface area contributed by atoms with Gasteiger partial charge in [0.1, 0.15) is 5.82 Å². The van der Waals surface area contributed by atoms with Crippen LogP contribution in [0.4, 0.5) is 5.82 Å². The van der Waals surface area contributed by atoms with E-state index in [9.17, 15) is 4.79 Å². The number of nitrogens with one attached hydrogen (secondary N) is 1. The third kappa shape index (κ3) is 8.71. The molecule has 1 N–H and O–H groups in total. The summed E-state index contributed by atoms with van der Waals surface area (Å²) >= 11 is 1.58. The molecule has 220 valence electrons. The quantitative estimate of drug-likeness (QED) is 0.155. The van der Waals surface area contributed by atoms with Crippen molar-refractivity contribution < 1.29 is 14.3 Å². The molecule has 0 radical (unpaired) electrons. The van der Waals surface area contributed by atoms with Crippen LogP contribution >= 0.6 is 11.8 Å². The van der Waals surface area contributed by atoms with Crippen molar-refractivity contribution in [3.05, 3.63) is 95.6 Å². The molecule has 0 aliphatic rings. The maximum absolute atomic E-state index is 12.4. The predicted molar refractivity (Wildman–Crippen MR) is 171 cm³/mol. The summed E-state index contributed by atoms with van der Waals surface area (Å²) in [6.45, 7) is 2.18. The number of likely N-dealkylation sites (N-methyl/N-ethyl adjacent to an activating group) is 2. The van der Waals surface area contributed by atoms with Crippen LogP contribution < -0.4 is 19.7 Å². The minimum Gasteiger partial charge on any atom is -0.493 e. The smallest absolute Gasteiger partial charge is 0.251 e. The van der Waals surface area contributed by atoms with Gasteiger partial charge in [-0.15, -0.1) is 0 Å². The summed E-state index contributed by atoms with van der Waals surface area (Å²) in [5.41, 5.74) is 4.83. The van der Waals surface area contributed by atoms with Crippen molar-refractivity contribution in [3.63, 3.8) is 0 Å². The highest BCUT2D eigenvalue weighted by molar-refractivity contribution is 7.98. The van der Waals surface area contributed by atoms with Crippen LogP contribution in [0.25, 0.3) is 11.3 Å². The molecule has 0 fully saturated rings. The highest BCUT2D eigenvalue weighted by Gasteiger charge is 2.13. The van der Waals surface area contributed by atoms with E-state index in [4.69, 9.17) is 19.4 Å². The Hall–Kier alpha value is -4.08. The first-order valence-electron chi connectivity index (χ1n) is 13.9. The fourth-order valence-corrected chi connectivity index (χ4v) is 5.08. The fraction of sp³-hybridized carbons (Fsp3) is 0.303. The second-order valence-electron chi connectivity index (χ2n) is 10.2. The Morgan fingerprint density at radius 3 is 2.24 bits per heavy atom. The molecule has 9 heteroatoms. The third-order valence-electron chi connectivity index (χ3n) is 6.77. The van der Waals surface area contributed by atoms with Gasteiger partial charge in [-0.2, -0.15) is 0 Å². The molecule has 4 rings (SSSR count). The molecule has 0 saturated heterocycles. The maximum atomic E-state index is 12.4. The molecule has 42 heavy (non-hydrogen) atoms. The number of benzene rings is 3. The molecule has 0 spiro atoms. The normalized spacial score (nSPS) is 10.9. The number of carbonyl (C=O) groups is 1. The van der Waals surface area contributed by atoms with Gasteiger partial charge >= 0.3 is 0 Å². The molecule has 1 amide bonds. The van der Waals surface area contributed by atoms with Crippen LogP contribution in [0.3, 0.4) is 0 Å². The van der Waals surface area contributed by atoms with Gasteiger partial charge in [0, 0.05) is 49.6 Å². The topological polar surface area (TPSA) is 79.8 Å². The van der Waals surface area contributed by atoms with Crippen LogP contribution in [0.1, 0.15) is 21.5 Å². The van der Waals surface area contributed by atoms with Gasteiger partial charge in [-0.25, -0.2) is 9.97 Å². The van der Waals surface area contributed by atoms with E-state index in [1.165, 1.54) is 0 Å². The maximum Gasteiger partial charge on any atom is 0.251 e. The van der Waals surface area contributed by atoms with Gasteiger partial charge in [0.2, 0.25) is 0 Å². The summed E-state index contributed by atoms with van der Waals surface area (Å²) in [5, 5.41) is 3.66. The van der Waals surface area contributed by atoms with Crippen molar-refractivity contribution in [1.82, 2.24) is 20.2 Å². The first-order valence-corrected chi connectivity index (χ1v) is 14.9. The second-order valence-corrected chi connectivity index (χ2v) is 11.1. The molecule has 1 heterocycles. The van der Waals surface area contributed by atoms with E-state index in [0.717, 1.165) is 59.2 Å². The summed E-state index contributed by atoms with van der Waals surface area (Å²) in [4.78, 5) is 26.4.